The van der Waals surface area contributed by atoms with Gasteiger partial charge in [-0.05, 0) is 45.2 Å². The van der Waals surface area contributed by atoms with E-state index in [1.165, 1.54) is 0 Å². The summed E-state index contributed by atoms with van der Waals surface area (Å²) in [5.74, 6) is 1.80. The maximum absolute atomic E-state index is 12.3. The Hall–Kier alpha value is -2.37. The van der Waals surface area contributed by atoms with Crippen LogP contribution in [0, 0.1) is 12.8 Å². The van der Waals surface area contributed by atoms with Gasteiger partial charge in [0.05, 0.1) is 18.3 Å². The Morgan fingerprint density at radius 1 is 1.35 bits per heavy atom. The monoisotopic (exact) mass is 356 g/mol. The van der Waals surface area contributed by atoms with Gasteiger partial charge < -0.3 is 15.0 Å². The number of aryl methyl sites for hydroxylation is 1. The lowest BCUT2D eigenvalue weighted by atomic mass is 9.95. The van der Waals surface area contributed by atoms with Crippen molar-refractivity contribution in [1.29, 1.82) is 0 Å². The zero-order chi connectivity index (χ0) is 18.7. The van der Waals surface area contributed by atoms with Crippen molar-refractivity contribution in [2.75, 3.05) is 25.1 Å². The molecule has 1 saturated heterocycles. The van der Waals surface area contributed by atoms with E-state index in [4.69, 9.17) is 9.72 Å². The lowest BCUT2D eigenvalue weighted by Gasteiger charge is -2.32. The highest BCUT2D eigenvalue weighted by Crippen LogP contribution is 2.26. The average molecular weight is 356 g/mol. The molecule has 2 heterocycles. The van der Waals surface area contributed by atoms with Crippen LogP contribution in [0.3, 0.4) is 0 Å². The summed E-state index contributed by atoms with van der Waals surface area (Å²) < 4.78 is 5.31. The van der Waals surface area contributed by atoms with E-state index in [0.717, 1.165) is 60.6 Å². The van der Waals surface area contributed by atoms with Gasteiger partial charge in [-0.25, -0.2) is 9.97 Å². The first-order valence-corrected chi connectivity index (χ1v) is 9.39. The van der Waals surface area contributed by atoms with Crippen molar-refractivity contribution in [3.63, 3.8) is 0 Å². The summed E-state index contributed by atoms with van der Waals surface area (Å²) in [7, 11) is 1.66. The van der Waals surface area contributed by atoms with Gasteiger partial charge in [-0.1, -0.05) is 6.92 Å². The van der Waals surface area contributed by atoms with E-state index < -0.39 is 0 Å². The topological polar surface area (TPSA) is 67.4 Å². The molecule has 6 heteroatoms. The van der Waals surface area contributed by atoms with Crippen LogP contribution in [0.4, 0.5) is 5.95 Å². The van der Waals surface area contributed by atoms with Crippen LogP contribution in [0.1, 0.15) is 38.8 Å². The molecule has 2 aromatic rings. The smallest absolute Gasteiger partial charge is 0.226 e. The van der Waals surface area contributed by atoms with Crippen LogP contribution in [0.15, 0.2) is 18.2 Å². The molecule has 1 fully saturated rings. The van der Waals surface area contributed by atoms with Gasteiger partial charge in [-0.2, -0.15) is 0 Å². The van der Waals surface area contributed by atoms with Crippen molar-refractivity contribution in [3.8, 4) is 5.75 Å². The van der Waals surface area contributed by atoms with Crippen molar-refractivity contribution >= 4 is 22.8 Å². The number of hydrogen-bond donors (Lipinski definition) is 1. The number of aromatic nitrogens is 2. The maximum Gasteiger partial charge on any atom is 0.226 e. The van der Waals surface area contributed by atoms with Gasteiger partial charge in [0, 0.05) is 36.5 Å². The summed E-state index contributed by atoms with van der Waals surface area (Å²) in [5, 5.41) is 4.14. The number of benzene rings is 1. The average Bonchev–Trinajstić information content (AvgIpc) is 2.67. The molecule has 1 aliphatic rings. The molecule has 1 N–H and O–H groups in total. The number of fused-ring (bicyclic) bond motifs is 1. The minimum absolute atomic E-state index is 0.0851. The number of nitrogens with zero attached hydrogens (tertiary/aromatic N) is 3. The molecule has 0 spiro atoms. The fourth-order valence-corrected chi connectivity index (χ4v) is 3.33. The summed E-state index contributed by atoms with van der Waals surface area (Å²) in [6, 6.07) is 6.11. The third-order valence-electron chi connectivity index (χ3n) is 5.23. The molecule has 26 heavy (non-hydrogen) atoms. The molecular formula is C20H28N4O2. The molecule has 6 nitrogen and oxygen atoms in total. The van der Waals surface area contributed by atoms with Gasteiger partial charge in [0.1, 0.15) is 5.75 Å². The standard InChI is InChI=1S/C20H28N4O2/c1-5-13(2)21-19(25)15-8-10-24(11-9-15)20-22-14(3)17-7-6-16(26-4)12-18(17)23-20/h6-7,12-13,15H,5,8-11H2,1-4H3,(H,21,25). The predicted octanol–water partition coefficient (Wildman–Crippen LogP) is 3.08. The Balaban J connectivity index is 1.72. The Bertz CT molecular complexity index is 785. The minimum Gasteiger partial charge on any atom is -0.497 e. The Kier molecular flexibility index (Phi) is 5.59. The molecule has 1 aliphatic heterocycles. The number of rotatable bonds is 5. The highest BCUT2D eigenvalue weighted by atomic mass is 16.5. The molecular weight excluding hydrogens is 328 g/mol. The molecule has 0 aliphatic carbocycles. The van der Waals surface area contributed by atoms with Crippen molar-refractivity contribution in [2.24, 2.45) is 5.92 Å². The van der Waals surface area contributed by atoms with Crippen LogP contribution in [0.5, 0.6) is 5.75 Å². The van der Waals surface area contributed by atoms with Crippen LogP contribution in [-0.4, -0.2) is 42.1 Å². The number of piperidine rings is 1. The number of hydrogen-bond acceptors (Lipinski definition) is 5. The number of amides is 1. The van der Waals surface area contributed by atoms with Gasteiger partial charge >= 0.3 is 0 Å². The molecule has 1 unspecified atom stereocenters. The number of methoxy groups -OCH3 is 1. The second-order valence-electron chi connectivity index (χ2n) is 7.07. The summed E-state index contributed by atoms with van der Waals surface area (Å²) in [6.07, 6.45) is 2.62. The van der Waals surface area contributed by atoms with Crippen molar-refractivity contribution in [3.05, 3.63) is 23.9 Å². The van der Waals surface area contributed by atoms with Gasteiger partial charge in [0.2, 0.25) is 11.9 Å². The molecule has 0 bridgehead atoms. The Morgan fingerprint density at radius 3 is 2.73 bits per heavy atom. The van der Waals surface area contributed by atoms with E-state index in [1.54, 1.807) is 7.11 Å². The van der Waals surface area contributed by atoms with Crippen molar-refractivity contribution in [1.82, 2.24) is 15.3 Å². The highest BCUT2D eigenvalue weighted by molar-refractivity contribution is 5.83. The first kappa shape index (κ1) is 18.4. The zero-order valence-electron chi connectivity index (χ0n) is 16.1. The van der Waals surface area contributed by atoms with Gasteiger partial charge in [0.15, 0.2) is 0 Å². The number of carbonyl (C=O) groups is 1. The molecule has 1 amide bonds. The van der Waals surface area contributed by atoms with Gasteiger partial charge in [-0.3, -0.25) is 4.79 Å². The molecule has 0 radical (unpaired) electrons. The molecule has 1 aromatic carbocycles. The number of carbonyl (C=O) groups excluding carboxylic acids is 1. The van der Waals surface area contributed by atoms with Crippen LogP contribution in [0.2, 0.25) is 0 Å². The molecule has 1 aromatic heterocycles. The van der Waals surface area contributed by atoms with E-state index in [2.05, 4.69) is 22.1 Å². The number of anilines is 1. The minimum atomic E-state index is 0.0851. The second kappa shape index (κ2) is 7.89. The van der Waals surface area contributed by atoms with Crippen LogP contribution < -0.4 is 15.0 Å². The highest BCUT2D eigenvalue weighted by Gasteiger charge is 2.27. The molecule has 0 saturated carbocycles. The van der Waals surface area contributed by atoms with E-state index in [-0.39, 0.29) is 17.9 Å². The first-order valence-electron chi connectivity index (χ1n) is 9.39. The SMILES string of the molecule is CCC(C)NC(=O)C1CCN(c2nc(C)c3ccc(OC)cc3n2)CC1. The number of nitrogens with one attached hydrogen (secondary N) is 1. The summed E-state index contributed by atoms with van der Waals surface area (Å²) in [6.45, 7) is 7.74. The Labute approximate surface area is 155 Å². The fraction of sp³-hybridized carbons (Fsp3) is 0.550. The van der Waals surface area contributed by atoms with Crippen molar-refractivity contribution in [2.45, 2.75) is 46.1 Å². The van der Waals surface area contributed by atoms with Crippen LogP contribution in [0.25, 0.3) is 10.9 Å². The van der Waals surface area contributed by atoms with E-state index in [0.29, 0.717) is 0 Å². The maximum atomic E-state index is 12.3. The summed E-state index contributed by atoms with van der Waals surface area (Å²) in [4.78, 5) is 23.9. The van der Waals surface area contributed by atoms with E-state index in [9.17, 15) is 4.79 Å². The third-order valence-corrected chi connectivity index (χ3v) is 5.23. The normalized spacial score (nSPS) is 16.5. The summed E-state index contributed by atoms with van der Waals surface area (Å²) >= 11 is 0. The third kappa shape index (κ3) is 3.89. The number of ether oxygens (including phenoxy) is 1. The Morgan fingerprint density at radius 2 is 2.08 bits per heavy atom. The van der Waals surface area contributed by atoms with Crippen molar-refractivity contribution < 1.29 is 9.53 Å². The lowest BCUT2D eigenvalue weighted by Crippen LogP contribution is -2.43. The molecule has 140 valence electrons. The molecule has 3 rings (SSSR count). The fourth-order valence-electron chi connectivity index (χ4n) is 3.33. The van der Waals surface area contributed by atoms with Gasteiger partial charge in [0.25, 0.3) is 0 Å². The first-order chi connectivity index (χ1) is 12.5. The summed E-state index contributed by atoms with van der Waals surface area (Å²) in [5.41, 5.74) is 1.85. The molecule has 1 atom stereocenters. The second-order valence-corrected chi connectivity index (χ2v) is 7.07. The predicted molar refractivity (Wildman–Crippen MR) is 104 cm³/mol. The van der Waals surface area contributed by atoms with Crippen LogP contribution >= 0.6 is 0 Å². The quantitative estimate of drug-likeness (QED) is 0.892. The lowest BCUT2D eigenvalue weighted by molar-refractivity contribution is -0.126. The zero-order valence-corrected chi connectivity index (χ0v) is 16.1. The van der Waals surface area contributed by atoms with Gasteiger partial charge in [-0.15, -0.1) is 0 Å². The van der Waals surface area contributed by atoms with E-state index in [1.807, 2.05) is 32.0 Å². The van der Waals surface area contributed by atoms with Crippen LogP contribution in [-0.2, 0) is 4.79 Å². The largest absolute Gasteiger partial charge is 0.497 e. The van der Waals surface area contributed by atoms with E-state index >= 15 is 0 Å².